The molecule has 0 aromatic carbocycles. The van der Waals surface area contributed by atoms with Crippen molar-refractivity contribution in [2.24, 2.45) is 0 Å². The lowest BCUT2D eigenvalue weighted by Gasteiger charge is -1.99. The van der Waals surface area contributed by atoms with E-state index in [1.807, 2.05) is 6.92 Å². The van der Waals surface area contributed by atoms with E-state index in [4.69, 9.17) is 10.4 Å². The van der Waals surface area contributed by atoms with E-state index < -0.39 is 11.9 Å². The van der Waals surface area contributed by atoms with Crippen LogP contribution < -0.4 is 0 Å². The molecule has 120 valence electrons. The normalized spacial score (nSPS) is 9.55. The summed E-state index contributed by atoms with van der Waals surface area (Å²) in [5, 5.41) is 16.0. The molecular formula is C15H30O5. The molecule has 0 aromatic heterocycles. The van der Waals surface area contributed by atoms with E-state index in [9.17, 15) is 9.59 Å². The van der Waals surface area contributed by atoms with Crippen molar-refractivity contribution in [2.45, 2.75) is 84.5 Å². The molecule has 0 heterocycles. The van der Waals surface area contributed by atoms with Crippen LogP contribution in [-0.4, -0.2) is 22.3 Å². The first-order valence-corrected chi connectivity index (χ1v) is 7.64. The van der Waals surface area contributed by atoms with Gasteiger partial charge in [0.05, 0.1) is 0 Å². The second-order valence-electron chi connectivity index (χ2n) is 4.83. The van der Waals surface area contributed by atoms with Crippen molar-refractivity contribution in [3.8, 4) is 0 Å². The summed E-state index contributed by atoms with van der Waals surface area (Å²) in [5.74, 6) is -1.23. The third-order valence-corrected chi connectivity index (χ3v) is 2.80. The van der Waals surface area contributed by atoms with Crippen molar-refractivity contribution >= 4 is 11.9 Å². The predicted molar refractivity (Wildman–Crippen MR) is 78.5 cm³/mol. The number of aliphatic carboxylic acids is 1. The fraction of sp³-hybridized carbons (Fsp3) is 0.867. The predicted octanol–water partition coefficient (Wildman–Crippen LogP) is 4.40. The van der Waals surface area contributed by atoms with Crippen molar-refractivity contribution in [3.05, 3.63) is 0 Å². The minimum atomic E-state index is -0.661. The third kappa shape index (κ3) is 22.1. The maximum absolute atomic E-state index is 10.2. The Labute approximate surface area is 122 Å². The van der Waals surface area contributed by atoms with Gasteiger partial charge < -0.3 is 9.99 Å². The number of hydrogen-bond donors (Lipinski definition) is 2. The Kier molecular flexibility index (Phi) is 19.0. The molecule has 0 fully saturated rings. The van der Waals surface area contributed by atoms with E-state index in [0.29, 0.717) is 12.8 Å². The first kappa shape index (κ1) is 21.2. The average molecular weight is 290 g/mol. The summed E-state index contributed by atoms with van der Waals surface area (Å²) < 4.78 is 0. The first-order chi connectivity index (χ1) is 9.58. The summed E-state index contributed by atoms with van der Waals surface area (Å²) in [5.41, 5.74) is 0. The lowest BCUT2D eigenvalue weighted by atomic mass is 10.1. The number of carbonyl (C=O) groups is 2. The fourth-order valence-corrected chi connectivity index (χ4v) is 1.66. The molecule has 20 heavy (non-hydrogen) atoms. The zero-order chi connectivity index (χ0) is 15.6. The highest BCUT2D eigenvalue weighted by molar-refractivity contribution is 5.68. The van der Waals surface area contributed by atoms with E-state index in [1.54, 1.807) is 0 Å². The molecule has 0 aliphatic carbocycles. The third-order valence-electron chi connectivity index (χ3n) is 2.80. The number of unbranched alkanes of at least 4 members (excludes halogenated alkanes) is 7. The van der Waals surface area contributed by atoms with E-state index >= 15 is 0 Å². The highest BCUT2D eigenvalue weighted by Crippen LogP contribution is 2.09. The van der Waals surface area contributed by atoms with Crippen LogP contribution in [0.3, 0.4) is 0 Å². The van der Waals surface area contributed by atoms with Crippen molar-refractivity contribution < 1.29 is 24.8 Å². The SMILES string of the molecule is CCCC(=O)OO.CCCCCCCCCCC(=O)O. The molecular weight excluding hydrogens is 260 g/mol. The lowest BCUT2D eigenvalue weighted by Crippen LogP contribution is -1.97. The molecule has 0 bridgehead atoms. The van der Waals surface area contributed by atoms with Crippen molar-refractivity contribution in [1.82, 2.24) is 0 Å². The lowest BCUT2D eigenvalue weighted by molar-refractivity contribution is -0.234. The molecule has 5 nitrogen and oxygen atoms in total. The Balaban J connectivity index is 0. The van der Waals surface area contributed by atoms with Gasteiger partial charge in [-0.1, -0.05) is 58.8 Å². The zero-order valence-electron chi connectivity index (χ0n) is 12.9. The van der Waals surface area contributed by atoms with Gasteiger partial charge >= 0.3 is 11.9 Å². The van der Waals surface area contributed by atoms with E-state index in [0.717, 1.165) is 12.8 Å². The summed E-state index contributed by atoms with van der Waals surface area (Å²) in [6.07, 6.45) is 11.0. The van der Waals surface area contributed by atoms with Gasteiger partial charge in [0.15, 0.2) is 0 Å². The topological polar surface area (TPSA) is 83.8 Å². The Bertz CT molecular complexity index is 228. The van der Waals surface area contributed by atoms with Crippen LogP contribution in [0.5, 0.6) is 0 Å². The number of rotatable bonds is 11. The summed E-state index contributed by atoms with van der Waals surface area (Å²) >= 11 is 0. The standard InChI is InChI=1S/C11H22O2.C4H8O3/c1-2-3-4-5-6-7-8-9-10-11(12)13;1-2-3-4(5)7-6/h2-10H2,1H3,(H,12,13);6H,2-3H2,1H3. The van der Waals surface area contributed by atoms with Gasteiger partial charge in [0.2, 0.25) is 0 Å². The molecule has 0 aliphatic rings. The molecule has 0 radical (unpaired) electrons. The van der Waals surface area contributed by atoms with Crippen molar-refractivity contribution in [3.63, 3.8) is 0 Å². The molecule has 0 rings (SSSR count). The minimum absolute atomic E-state index is 0.288. The van der Waals surface area contributed by atoms with Crippen LogP contribution in [-0.2, 0) is 14.5 Å². The van der Waals surface area contributed by atoms with Gasteiger partial charge in [0, 0.05) is 12.8 Å². The van der Waals surface area contributed by atoms with E-state index in [2.05, 4.69) is 11.8 Å². The summed E-state index contributed by atoms with van der Waals surface area (Å²) in [6, 6.07) is 0. The molecule has 0 spiro atoms. The number of carboxylic acids is 1. The van der Waals surface area contributed by atoms with Gasteiger partial charge in [-0.25, -0.2) is 4.79 Å². The molecule has 0 aliphatic heterocycles. The second kappa shape index (κ2) is 17.9. The number of carboxylic acid groups (broad SMARTS) is 1. The van der Waals surface area contributed by atoms with Crippen LogP contribution in [0.25, 0.3) is 0 Å². The number of hydrogen-bond acceptors (Lipinski definition) is 4. The van der Waals surface area contributed by atoms with Crippen molar-refractivity contribution in [1.29, 1.82) is 0 Å². The van der Waals surface area contributed by atoms with E-state index in [-0.39, 0.29) is 6.42 Å². The first-order valence-electron chi connectivity index (χ1n) is 7.64. The fourth-order valence-electron chi connectivity index (χ4n) is 1.66. The molecule has 5 heteroatoms. The van der Waals surface area contributed by atoms with Crippen molar-refractivity contribution in [2.75, 3.05) is 0 Å². The maximum Gasteiger partial charge on any atom is 0.342 e. The molecule has 0 saturated heterocycles. The highest BCUT2D eigenvalue weighted by atomic mass is 17.1. The minimum Gasteiger partial charge on any atom is -0.481 e. The van der Waals surface area contributed by atoms with Gasteiger partial charge in [0.1, 0.15) is 0 Å². The molecule has 2 N–H and O–H groups in total. The van der Waals surface area contributed by atoms with Gasteiger partial charge in [-0.2, -0.15) is 5.26 Å². The zero-order valence-corrected chi connectivity index (χ0v) is 12.9. The van der Waals surface area contributed by atoms with Crippen LogP contribution in [0.1, 0.15) is 84.5 Å². The molecule has 0 atom stereocenters. The number of carbonyl (C=O) groups excluding carboxylic acids is 1. The quantitative estimate of drug-likeness (QED) is 0.334. The van der Waals surface area contributed by atoms with Crippen LogP contribution in [0.2, 0.25) is 0 Å². The van der Waals surface area contributed by atoms with E-state index in [1.165, 1.54) is 38.5 Å². The molecule has 0 aromatic rings. The summed E-state index contributed by atoms with van der Waals surface area (Å²) in [6.45, 7) is 4.05. The average Bonchev–Trinajstić information content (AvgIpc) is 2.42. The largest absolute Gasteiger partial charge is 0.481 e. The Morgan fingerprint density at radius 3 is 1.65 bits per heavy atom. The summed E-state index contributed by atoms with van der Waals surface area (Å²) in [7, 11) is 0. The maximum atomic E-state index is 10.2. The van der Waals surface area contributed by atoms with Gasteiger partial charge in [-0.3, -0.25) is 4.79 Å². The highest BCUT2D eigenvalue weighted by Gasteiger charge is 1.96. The van der Waals surface area contributed by atoms with Gasteiger partial charge in [-0.15, -0.1) is 0 Å². The van der Waals surface area contributed by atoms with Crippen LogP contribution >= 0.6 is 0 Å². The smallest absolute Gasteiger partial charge is 0.342 e. The Hall–Kier alpha value is -1.10. The second-order valence-corrected chi connectivity index (χ2v) is 4.83. The summed E-state index contributed by atoms with van der Waals surface area (Å²) in [4.78, 5) is 23.5. The molecule has 0 unspecified atom stereocenters. The molecule has 0 amide bonds. The van der Waals surface area contributed by atoms with Crippen LogP contribution in [0, 0.1) is 0 Å². The van der Waals surface area contributed by atoms with Crippen LogP contribution in [0.15, 0.2) is 0 Å². The van der Waals surface area contributed by atoms with Gasteiger partial charge in [-0.05, 0) is 12.8 Å². The molecule has 0 saturated carbocycles. The van der Waals surface area contributed by atoms with Crippen LogP contribution in [0.4, 0.5) is 0 Å². The Morgan fingerprint density at radius 1 is 0.800 bits per heavy atom. The monoisotopic (exact) mass is 290 g/mol. The Morgan fingerprint density at radius 2 is 1.30 bits per heavy atom. The van der Waals surface area contributed by atoms with Gasteiger partial charge in [0.25, 0.3) is 0 Å².